The highest BCUT2D eigenvalue weighted by Gasteiger charge is 2.27. The molecule has 0 aliphatic heterocycles. The van der Waals surface area contributed by atoms with Crippen molar-refractivity contribution in [1.82, 2.24) is 0 Å². The average Bonchev–Trinajstić information content (AvgIpc) is 2.89. The molecule has 1 nitrogen and oxygen atoms in total. The molecule has 1 atom stereocenters. The Hall–Kier alpha value is -2.30. The lowest BCUT2D eigenvalue weighted by atomic mass is 9.76. The van der Waals surface area contributed by atoms with Crippen LogP contribution < -0.4 is 4.74 Å². The molecule has 36 heavy (non-hydrogen) atoms. The molecule has 0 saturated heterocycles. The minimum absolute atomic E-state index is 0.0204. The van der Waals surface area contributed by atoms with Gasteiger partial charge in [-0.2, -0.15) is 4.39 Å². The lowest BCUT2D eigenvalue weighted by Gasteiger charge is -2.29. The van der Waals surface area contributed by atoms with Gasteiger partial charge < -0.3 is 4.74 Å². The summed E-state index contributed by atoms with van der Waals surface area (Å²) in [6.45, 7) is 4.57. The van der Waals surface area contributed by atoms with Gasteiger partial charge in [0, 0.05) is 5.56 Å². The van der Waals surface area contributed by atoms with E-state index < -0.39 is 23.3 Å². The van der Waals surface area contributed by atoms with Gasteiger partial charge in [0.05, 0.1) is 6.61 Å². The molecule has 196 valence electrons. The number of ether oxygens (including phenoxy) is 1. The van der Waals surface area contributed by atoms with Crippen LogP contribution in [-0.2, 0) is 6.42 Å². The number of rotatable bonds is 9. The molecule has 1 saturated carbocycles. The van der Waals surface area contributed by atoms with Crippen molar-refractivity contribution in [3.05, 3.63) is 70.3 Å². The van der Waals surface area contributed by atoms with Crippen LogP contribution in [0.3, 0.4) is 0 Å². The Kier molecular flexibility index (Phi) is 9.14. The molecule has 0 heterocycles. The van der Waals surface area contributed by atoms with Crippen molar-refractivity contribution in [2.75, 3.05) is 6.61 Å². The zero-order chi connectivity index (χ0) is 25.7. The van der Waals surface area contributed by atoms with Crippen molar-refractivity contribution < 1.29 is 22.3 Å². The number of hydrogen-bond acceptors (Lipinski definition) is 1. The molecule has 0 amide bonds. The van der Waals surface area contributed by atoms with Crippen molar-refractivity contribution in [1.29, 1.82) is 0 Å². The quantitative estimate of drug-likeness (QED) is 0.245. The lowest BCUT2D eigenvalue weighted by molar-refractivity contribution is 0.283. The van der Waals surface area contributed by atoms with Crippen LogP contribution in [0.15, 0.2) is 30.3 Å². The van der Waals surface area contributed by atoms with Crippen LogP contribution >= 0.6 is 0 Å². The minimum atomic E-state index is -0.898. The standard InChI is InChI=1S/C31H38F4O/c1-3-4-19-36-27-18-17-26(30(34)31(27)35)23-12-7-21(8-13-23)9-14-24-15-16-25(29(33)28(24)32)22-10-5-20(2)6-11-22/h10,15-18,20-21,23H,3-9,11-14,19H2,1-2H3. The second-order valence-corrected chi connectivity index (χ2v) is 10.7. The Labute approximate surface area is 212 Å². The highest BCUT2D eigenvalue weighted by atomic mass is 19.2. The van der Waals surface area contributed by atoms with Crippen molar-refractivity contribution in [2.45, 2.75) is 90.4 Å². The van der Waals surface area contributed by atoms with Gasteiger partial charge in [-0.25, -0.2) is 13.2 Å². The topological polar surface area (TPSA) is 9.23 Å². The zero-order valence-corrected chi connectivity index (χ0v) is 21.5. The molecule has 1 unspecified atom stereocenters. The zero-order valence-electron chi connectivity index (χ0n) is 21.5. The first-order valence-corrected chi connectivity index (χ1v) is 13.7. The molecule has 4 rings (SSSR count). The van der Waals surface area contributed by atoms with Crippen molar-refractivity contribution >= 4 is 5.57 Å². The molecule has 0 radical (unpaired) electrons. The molecule has 5 heteroatoms. The van der Waals surface area contributed by atoms with Gasteiger partial charge in [0.25, 0.3) is 0 Å². The Morgan fingerprint density at radius 3 is 2.33 bits per heavy atom. The molecule has 2 aliphatic carbocycles. The third kappa shape index (κ3) is 6.15. The van der Waals surface area contributed by atoms with Crippen molar-refractivity contribution in [3.63, 3.8) is 0 Å². The highest BCUT2D eigenvalue weighted by molar-refractivity contribution is 5.67. The first kappa shape index (κ1) is 26.8. The summed E-state index contributed by atoms with van der Waals surface area (Å²) in [4.78, 5) is 0. The lowest BCUT2D eigenvalue weighted by Crippen LogP contribution is -2.16. The second kappa shape index (κ2) is 12.3. The van der Waals surface area contributed by atoms with Gasteiger partial charge >= 0.3 is 0 Å². The van der Waals surface area contributed by atoms with Gasteiger partial charge in [0.1, 0.15) is 0 Å². The highest BCUT2D eigenvalue weighted by Crippen LogP contribution is 2.40. The van der Waals surface area contributed by atoms with Crippen LogP contribution in [0.2, 0.25) is 0 Å². The molecule has 2 aliphatic rings. The fourth-order valence-electron chi connectivity index (χ4n) is 5.66. The van der Waals surface area contributed by atoms with Crippen LogP contribution in [-0.4, -0.2) is 6.61 Å². The van der Waals surface area contributed by atoms with E-state index in [4.69, 9.17) is 4.74 Å². The van der Waals surface area contributed by atoms with Crippen LogP contribution in [0.4, 0.5) is 17.6 Å². The fourth-order valence-corrected chi connectivity index (χ4v) is 5.66. The van der Waals surface area contributed by atoms with E-state index in [1.807, 2.05) is 13.0 Å². The molecule has 0 bridgehead atoms. The maximum absolute atomic E-state index is 14.9. The number of allylic oxidation sites excluding steroid dienone is 2. The molecule has 0 aromatic heterocycles. The summed E-state index contributed by atoms with van der Waals surface area (Å²) >= 11 is 0. The predicted molar refractivity (Wildman–Crippen MR) is 137 cm³/mol. The van der Waals surface area contributed by atoms with E-state index in [-0.39, 0.29) is 11.7 Å². The maximum atomic E-state index is 14.9. The molecule has 2 aromatic carbocycles. The summed E-state index contributed by atoms with van der Waals surface area (Å²) in [5, 5.41) is 0. The smallest absolute Gasteiger partial charge is 0.200 e. The van der Waals surface area contributed by atoms with E-state index in [0.29, 0.717) is 41.6 Å². The third-order valence-electron chi connectivity index (χ3n) is 8.12. The first-order valence-electron chi connectivity index (χ1n) is 13.7. The Morgan fingerprint density at radius 1 is 0.861 bits per heavy atom. The van der Waals surface area contributed by atoms with Crippen LogP contribution in [0, 0.1) is 35.1 Å². The van der Waals surface area contributed by atoms with E-state index in [1.54, 1.807) is 24.3 Å². The number of hydrogen-bond donors (Lipinski definition) is 0. The Balaban J connectivity index is 1.32. The van der Waals surface area contributed by atoms with Gasteiger partial charge in [0.2, 0.25) is 5.82 Å². The number of benzene rings is 2. The van der Waals surface area contributed by atoms with Crippen molar-refractivity contribution in [2.24, 2.45) is 11.8 Å². The van der Waals surface area contributed by atoms with Gasteiger partial charge in [-0.05, 0) is 105 Å². The summed E-state index contributed by atoms with van der Waals surface area (Å²) < 4.78 is 64.3. The maximum Gasteiger partial charge on any atom is 0.200 e. The summed E-state index contributed by atoms with van der Waals surface area (Å²) in [6.07, 6.45) is 11.0. The SMILES string of the molecule is CCCCOc1ccc(C2CCC(CCc3ccc(C4=CCC(C)CC4)c(F)c3F)CC2)c(F)c1F. The Bertz CT molecular complexity index is 1070. The Morgan fingerprint density at radius 2 is 1.64 bits per heavy atom. The van der Waals surface area contributed by atoms with E-state index >= 15 is 0 Å². The van der Waals surface area contributed by atoms with Gasteiger partial charge in [-0.1, -0.05) is 44.5 Å². The summed E-state index contributed by atoms with van der Waals surface area (Å²) in [5.74, 6) is -2.23. The summed E-state index contributed by atoms with van der Waals surface area (Å²) in [5.41, 5.74) is 2.16. The number of unbranched alkanes of at least 4 members (excludes halogenated alkanes) is 1. The van der Waals surface area contributed by atoms with E-state index in [9.17, 15) is 17.6 Å². The second-order valence-electron chi connectivity index (χ2n) is 10.7. The molecule has 2 aromatic rings. The van der Waals surface area contributed by atoms with Gasteiger partial charge in [-0.15, -0.1) is 0 Å². The third-order valence-corrected chi connectivity index (χ3v) is 8.12. The monoisotopic (exact) mass is 502 g/mol. The minimum Gasteiger partial charge on any atom is -0.490 e. The van der Waals surface area contributed by atoms with Gasteiger partial charge in [-0.3, -0.25) is 0 Å². The molecule has 0 N–H and O–H groups in total. The van der Waals surface area contributed by atoms with E-state index in [2.05, 4.69) is 6.92 Å². The first-order chi connectivity index (χ1) is 17.4. The summed E-state index contributed by atoms with van der Waals surface area (Å²) in [7, 11) is 0. The average molecular weight is 503 g/mol. The van der Waals surface area contributed by atoms with Crippen molar-refractivity contribution in [3.8, 4) is 5.75 Å². The molecular formula is C31H38F4O. The van der Waals surface area contributed by atoms with Crippen LogP contribution in [0.25, 0.3) is 5.57 Å². The molecule has 1 fully saturated rings. The van der Waals surface area contributed by atoms with Crippen LogP contribution in [0.5, 0.6) is 5.75 Å². The fraction of sp³-hybridized carbons (Fsp3) is 0.548. The van der Waals surface area contributed by atoms with E-state index in [1.165, 1.54) is 0 Å². The normalized spacial score (nSPS) is 22.4. The molecular weight excluding hydrogens is 464 g/mol. The molecule has 0 spiro atoms. The number of aryl methyl sites for hydroxylation is 1. The van der Waals surface area contributed by atoms with Gasteiger partial charge in [0.15, 0.2) is 23.2 Å². The predicted octanol–water partition coefficient (Wildman–Crippen LogP) is 9.53. The largest absolute Gasteiger partial charge is 0.490 e. The van der Waals surface area contributed by atoms with E-state index in [0.717, 1.165) is 69.8 Å². The summed E-state index contributed by atoms with van der Waals surface area (Å²) in [6, 6.07) is 6.67. The van der Waals surface area contributed by atoms with Crippen LogP contribution in [0.1, 0.15) is 101 Å². The number of halogens is 4.